The normalized spacial score (nSPS) is 16.0. The zero-order chi connectivity index (χ0) is 15.7. The molecule has 1 aliphatic rings. The van der Waals surface area contributed by atoms with E-state index in [9.17, 15) is 4.79 Å². The number of amides is 1. The first-order chi connectivity index (χ1) is 10.6. The van der Waals surface area contributed by atoms with Crippen molar-refractivity contribution in [2.45, 2.75) is 33.6 Å². The highest BCUT2D eigenvalue weighted by molar-refractivity contribution is 7.99. The Morgan fingerprint density at radius 2 is 2.05 bits per heavy atom. The molecule has 22 heavy (non-hydrogen) atoms. The Hall–Kier alpha value is -1.14. The molecule has 2 aromatic rings. The van der Waals surface area contributed by atoms with Crippen LogP contribution in [0.15, 0.2) is 0 Å². The fraction of sp³-hybridized carbons (Fsp3) is 0.562. The summed E-state index contributed by atoms with van der Waals surface area (Å²) in [4.78, 5) is 25.8. The molecule has 1 saturated heterocycles. The molecule has 6 heteroatoms. The number of hydrogen-bond donors (Lipinski definition) is 0. The zero-order valence-corrected chi connectivity index (χ0v) is 14.9. The second-order valence-electron chi connectivity index (χ2n) is 5.57. The van der Waals surface area contributed by atoms with Crippen molar-refractivity contribution >= 4 is 39.2 Å². The van der Waals surface area contributed by atoms with Crippen LogP contribution in [0.5, 0.6) is 0 Å². The van der Waals surface area contributed by atoms with Crippen LogP contribution in [-0.4, -0.2) is 45.4 Å². The molecule has 0 saturated carbocycles. The Kier molecular flexibility index (Phi) is 4.68. The highest BCUT2D eigenvalue weighted by Gasteiger charge is 2.24. The van der Waals surface area contributed by atoms with Crippen LogP contribution in [0.1, 0.15) is 40.1 Å². The van der Waals surface area contributed by atoms with Crippen LogP contribution >= 0.6 is 23.1 Å². The van der Waals surface area contributed by atoms with Crippen LogP contribution in [-0.2, 0) is 6.42 Å². The molecule has 1 aliphatic heterocycles. The lowest BCUT2D eigenvalue weighted by molar-refractivity contribution is 0.0773. The molecule has 4 nitrogen and oxygen atoms in total. The minimum Gasteiger partial charge on any atom is -0.337 e. The fourth-order valence-electron chi connectivity index (χ4n) is 2.85. The van der Waals surface area contributed by atoms with Gasteiger partial charge < -0.3 is 4.90 Å². The van der Waals surface area contributed by atoms with Crippen LogP contribution in [0, 0.1) is 13.8 Å². The van der Waals surface area contributed by atoms with E-state index < -0.39 is 0 Å². The number of carbonyl (C=O) groups excluding carboxylic acids is 1. The third-order valence-corrected chi connectivity index (χ3v) is 6.26. The highest BCUT2D eigenvalue weighted by atomic mass is 32.2. The quantitative estimate of drug-likeness (QED) is 0.843. The number of fused-ring (bicyclic) bond motifs is 1. The molecule has 0 N–H and O–H groups in total. The Morgan fingerprint density at radius 3 is 2.82 bits per heavy atom. The summed E-state index contributed by atoms with van der Waals surface area (Å²) in [7, 11) is 0. The van der Waals surface area contributed by atoms with Crippen LogP contribution in [0.25, 0.3) is 10.2 Å². The number of thiophene rings is 1. The van der Waals surface area contributed by atoms with Gasteiger partial charge >= 0.3 is 0 Å². The summed E-state index contributed by atoms with van der Waals surface area (Å²) >= 11 is 3.46. The van der Waals surface area contributed by atoms with E-state index in [0.29, 0.717) is 0 Å². The first kappa shape index (κ1) is 15.7. The van der Waals surface area contributed by atoms with Gasteiger partial charge in [0.25, 0.3) is 5.91 Å². The number of carbonyl (C=O) groups is 1. The number of rotatable bonds is 2. The van der Waals surface area contributed by atoms with Gasteiger partial charge in [-0.05, 0) is 31.6 Å². The number of nitrogens with zero attached hydrogens (tertiary/aromatic N) is 3. The van der Waals surface area contributed by atoms with Gasteiger partial charge in [-0.1, -0.05) is 6.92 Å². The van der Waals surface area contributed by atoms with E-state index in [1.54, 1.807) is 0 Å². The molecule has 0 spiro atoms. The minimum absolute atomic E-state index is 0.167. The van der Waals surface area contributed by atoms with Crippen LogP contribution in [0.2, 0.25) is 0 Å². The lowest BCUT2D eigenvalue weighted by Crippen LogP contribution is -2.32. The average molecular weight is 335 g/mol. The van der Waals surface area contributed by atoms with Crippen molar-refractivity contribution in [1.29, 1.82) is 0 Å². The summed E-state index contributed by atoms with van der Waals surface area (Å²) in [6, 6.07) is 0. The molecule has 118 valence electrons. The Bertz CT molecular complexity index is 703. The summed E-state index contributed by atoms with van der Waals surface area (Å²) < 4.78 is 0. The van der Waals surface area contributed by atoms with E-state index in [1.165, 1.54) is 11.3 Å². The largest absolute Gasteiger partial charge is 0.337 e. The van der Waals surface area contributed by atoms with Crippen molar-refractivity contribution in [3.63, 3.8) is 0 Å². The first-order valence-electron chi connectivity index (χ1n) is 7.75. The fourth-order valence-corrected chi connectivity index (χ4v) is 4.96. The van der Waals surface area contributed by atoms with Gasteiger partial charge in [-0.2, -0.15) is 11.8 Å². The maximum atomic E-state index is 12.9. The summed E-state index contributed by atoms with van der Waals surface area (Å²) in [5.41, 5.74) is 2.03. The molecule has 3 heterocycles. The lowest BCUT2D eigenvalue weighted by atomic mass is 10.1. The van der Waals surface area contributed by atoms with Gasteiger partial charge in [0.2, 0.25) is 0 Å². The number of aryl methyl sites for hydroxylation is 3. The molecule has 1 amide bonds. The third kappa shape index (κ3) is 2.86. The third-order valence-electron chi connectivity index (χ3n) is 4.04. The molecule has 2 aromatic heterocycles. The van der Waals surface area contributed by atoms with Crippen molar-refractivity contribution in [3.05, 3.63) is 22.0 Å². The summed E-state index contributed by atoms with van der Waals surface area (Å²) in [5, 5.41) is 1.06. The monoisotopic (exact) mass is 335 g/mol. The van der Waals surface area contributed by atoms with Crippen molar-refractivity contribution < 1.29 is 4.79 Å². The summed E-state index contributed by atoms with van der Waals surface area (Å²) in [5.74, 6) is 3.21. The standard InChI is InChI=1S/C16H21N3OS2/c1-4-12-17-11(3)13-10(2)14(22-15(13)18-12)16(20)19-6-5-8-21-9-7-19/h4-9H2,1-3H3. The van der Waals surface area contributed by atoms with Gasteiger partial charge in [-0.3, -0.25) is 4.79 Å². The van der Waals surface area contributed by atoms with E-state index in [1.807, 2.05) is 30.5 Å². The van der Waals surface area contributed by atoms with Gasteiger partial charge in [-0.25, -0.2) is 9.97 Å². The van der Waals surface area contributed by atoms with Gasteiger partial charge in [0.15, 0.2) is 0 Å². The molecule has 0 aliphatic carbocycles. The minimum atomic E-state index is 0.167. The van der Waals surface area contributed by atoms with E-state index in [4.69, 9.17) is 0 Å². The molecular formula is C16H21N3OS2. The van der Waals surface area contributed by atoms with Crippen LogP contribution in [0.3, 0.4) is 0 Å². The molecule has 3 rings (SSSR count). The SMILES string of the molecule is CCc1nc(C)c2c(C)c(C(=O)N3CCCSCC3)sc2n1. The first-order valence-corrected chi connectivity index (χ1v) is 9.72. The average Bonchev–Trinajstić information content (AvgIpc) is 2.69. The number of hydrogen-bond acceptors (Lipinski definition) is 5. The Balaban J connectivity index is 2.01. The van der Waals surface area contributed by atoms with Gasteiger partial charge in [0.1, 0.15) is 10.7 Å². The van der Waals surface area contributed by atoms with Gasteiger partial charge in [0.05, 0.1) is 4.88 Å². The molecule has 0 bridgehead atoms. The molecule has 0 aromatic carbocycles. The van der Waals surface area contributed by atoms with E-state index >= 15 is 0 Å². The highest BCUT2D eigenvalue weighted by Crippen LogP contribution is 2.32. The molecule has 0 unspecified atom stereocenters. The molecule has 0 radical (unpaired) electrons. The van der Waals surface area contributed by atoms with Crippen LogP contribution < -0.4 is 0 Å². The maximum absolute atomic E-state index is 12.9. The van der Waals surface area contributed by atoms with E-state index in [-0.39, 0.29) is 5.91 Å². The molecular weight excluding hydrogens is 314 g/mol. The predicted octanol–water partition coefficient (Wildman–Crippen LogP) is 3.45. The molecule has 1 fully saturated rings. The summed E-state index contributed by atoms with van der Waals surface area (Å²) in [6.45, 7) is 7.81. The van der Waals surface area contributed by atoms with Crippen molar-refractivity contribution in [2.75, 3.05) is 24.6 Å². The second-order valence-corrected chi connectivity index (χ2v) is 7.80. The summed E-state index contributed by atoms with van der Waals surface area (Å²) in [6.07, 6.45) is 1.90. The smallest absolute Gasteiger partial charge is 0.264 e. The van der Waals surface area contributed by atoms with Crippen molar-refractivity contribution in [3.8, 4) is 0 Å². The topological polar surface area (TPSA) is 46.1 Å². The van der Waals surface area contributed by atoms with E-state index in [2.05, 4.69) is 16.9 Å². The second kappa shape index (κ2) is 6.54. The van der Waals surface area contributed by atoms with Crippen molar-refractivity contribution in [1.82, 2.24) is 14.9 Å². The lowest BCUT2D eigenvalue weighted by Gasteiger charge is -2.19. The zero-order valence-electron chi connectivity index (χ0n) is 13.3. The van der Waals surface area contributed by atoms with Gasteiger partial charge in [0, 0.05) is 36.3 Å². The number of thioether (sulfide) groups is 1. The van der Waals surface area contributed by atoms with E-state index in [0.717, 1.165) is 69.6 Å². The predicted molar refractivity (Wildman–Crippen MR) is 94.1 cm³/mol. The Morgan fingerprint density at radius 1 is 1.23 bits per heavy atom. The molecule has 0 atom stereocenters. The number of aromatic nitrogens is 2. The van der Waals surface area contributed by atoms with Crippen LogP contribution in [0.4, 0.5) is 0 Å². The van der Waals surface area contributed by atoms with Crippen molar-refractivity contribution in [2.24, 2.45) is 0 Å². The maximum Gasteiger partial charge on any atom is 0.264 e. The Labute approximate surface area is 139 Å². The van der Waals surface area contributed by atoms with Gasteiger partial charge in [-0.15, -0.1) is 11.3 Å².